The molecule has 0 aliphatic carbocycles. The van der Waals surface area contributed by atoms with Crippen molar-refractivity contribution < 1.29 is 22.7 Å². The Kier molecular flexibility index (Phi) is 4.72. The van der Waals surface area contributed by atoms with Crippen molar-refractivity contribution in [3.63, 3.8) is 0 Å². The number of alkyl halides is 3. The smallest absolute Gasteiger partial charge is 0.405 e. The minimum Gasteiger partial charge on any atom is -0.405 e. The molecule has 0 saturated carbocycles. The molecule has 1 N–H and O–H groups in total. The molecule has 1 aliphatic heterocycles. The van der Waals surface area contributed by atoms with Crippen LogP contribution in [0.2, 0.25) is 0 Å². The Morgan fingerprint density at radius 1 is 1.38 bits per heavy atom. The molecule has 0 unspecified atom stereocenters. The highest BCUT2D eigenvalue weighted by Crippen LogP contribution is 2.27. The van der Waals surface area contributed by atoms with E-state index in [1.54, 1.807) is 7.05 Å². The van der Waals surface area contributed by atoms with Gasteiger partial charge in [-0.05, 0) is 31.5 Å². The van der Waals surface area contributed by atoms with Gasteiger partial charge in [-0.25, -0.2) is 0 Å². The van der Waals surface area contributed by atoms with E-state index in [0.29, 0.717) is 6.54 Å². The highest BCUT2D eigenvalue weighted by molar-refractivity contribution is 5.97. The van der Waals surface area contributed by atoms with Crippen molar-refractivity contribution >= 4 is 5.91 Å². The second-order valence-corrected chi connectivity index (χ2v) is 4.96. The summed E-state index contributed by atoms with van der Waals surface area (Å²) in [4.78, 5) is 13.9. The third-order valence-corrected chi connectivity index (χ3v) is 3.48. The Balaban J connectivity index is 2.18. The van der Waals surface area contributed by atoms with Crippen LogP contribution in [0.4, 0.5) is 13.2 Å². The number of rotatable bonds is 3. The third-order valence-electron chi connectivity index (χ3n) is 3.48. The van der Waals surface area contributed by atoms with Gasteiger partial charge in [-0.15, -0.1) is 13.2 Å². The lowest BCUT2D eigenvalue weighted by atomic mass is 10.0. The summed E-state index contributed by atoms with van der Waals surface area (Å²) in [6, 6.07) is 5.39. The van der Waals surface area contributed by atoms with Crippen LogP contribution in [0.25, 0.3) is 0 Å². The maximum absolute atomic E-state index is 12.4. The molecule has 4 nitrogen and oxygen atoms in total. The van der Waals surface area contributed by atoms with Crippen LogP contribution in [0, 0.1) is 0 Å². The number of para-hydroxylation sites is 1. The Hall–Kier alpha value is -1.76. The van der Waals surface area contributed by atoms with Crippen molar-refractivity contribution in [2.75, 3.05) is 20.1 Å². The van der Waals surface area contributed by atoms with E-state index < -0.39 is 18.0 Å². The fourth-order valence-corrected chi connectivity index (χ4v) is 2.38. The van der Waals surface area contributed by atoms with E-state index in [4.69, 9.17) is 0 Å². The first-order valence-electron chi connectivity index (χ1n) is 6.71. The first-order chi connectivity index (χ1) is 9.88. The van der Waals surface area contributed by atoms with Crippen LogP contribution in [-0.4, -0.2) is 43.3 Å². The molecular weight excluding hydrogens is 285 g/mol. The minimum absolute atomic E-state index is 0.0230. The van der Waals surface area contributed by atoms with Gasteiger partial charge in [-0.3, -0.25) is 4.79 Å². The highest BCUT2D eigenvalue weighted by atomic mass is 19.4. The summed E-state index contributed by atoms with van der Waals surface area (Å²) < 4.78 is 41.1. The average Bonchev–Trinajstić information content (AvgIpc) is 2.45. The number of carbonyl (C=O) groups is 1. The van der Waals surface area contributed by atoms with E-state index in [1.807, 2.05) is 0 Å². The van der Waals surface area contributed by atoms with Gasteiger partial charge in [-0.1, -0.05) is 12.1 Å². The van der Waals surface area contributed by atoms with Crippen LogP contribution in [0.15, 0.2) is 24.3 Å². The number of hydrogen-bond donors (Lipinski definition) is 1. The first kappa shape index (κ1) is 15.6. The molecule has 116 valence electrons. The topological polar surface area (TPSA) is 41.6 Å². The van der Waals surface area contributed by atoms with Crippen LogP contribution in [-0.2, 0) is 0 Å². The normalized spacial score (nSPS) is 19.1. The zero-order valence-corrected chi connectivity index (χ0v) is 11.6. The lowest BCUT2D eigenvalue weighted by molar-refractivity contribution is -0.274. The van der Waals surface area contributed by atoms with E-state index in [2.05, 4.69) is 10.1 Å². The quantitative estimate of drug-likeness (QED) is 0.932. The van der Waals surface area contributed by atoms with Crippen molar-refractivity contribution in [2.45, 2.75) is 25.2 Å². The number of nitrogens with one attached hydrogen (secondary N) is 1. The third kappa shape index (κ3) is 4.10. The second-order valence-electron chi connectivity index (χ2n) is 4.96. The van der Waals surface area contributed by atoms with Crippen molar-refractivity contribution in [3.8, 4) is 5.75 Å². The van der Waals surface area contributed by atoms with Crippen molar-refractivity contribution in [2.24, 2.45) is 0 Å². The molecular formula is C14H17F3N2O2. The van der Waals surface area contributed by atoms with Gasteiger partial charge in [0.15, 0.2) is 0 Å². The summed E-state index contributed by atoms with van der Waals surface area (Å²) in [7, 11) is 1.60. The zero-order valence-electron chi connectivity index (χ0n) is 11.6. The maximum atomic E-state index is 12.4. The number of piperidine rings is 1. The zero-order chi connectivity index (χ0) is 15.5. The Labute approximate surface area is 120 Å². The molecule has 0 radical (unpaired) electrons. The monoisotopic (exact) mass is 302 g/mol. The fourth-order valence-electron chi connectivity index (χ4n) is 2.38. The predicted molar refractivity (Wildman–Crippen MR) is 71.1 cm³/mol. The van der Waals surface area contributed by atoms with Gasteiger partial charge >= 0.3 is 6.36 Å². The lowest BCUT2D eigenvalue weighted by Gasteiger charge is -2.32. The summed E-state index contributed by atoms with van der Waals surface area (Å²) in [5.41, 5.74) is -0.0806. The minimum atomic E-state index is -4.82. The number of halogens is 3. The van der Waals surface area contributed by atoms with Crippen molar-refractivity contribution in [3.05, 3.63) is 29.8 Å². The molecule has 7 heteroatoms. The molecule has 1 saturated heterocycles. The second kappa shape index (κ2) is 6.34. The number of hydrogen-bond acceptors (Lipinski definition) is 3. The standard InChI is InChI=1S/C14H17F3N2O2/c1-19(10-5-4-8-18-9-10)13(20)11-6-2-3-7-12(11)21-14(15,16)17/h2-3,6-7,10,18H,4-5,8-9H2,1H3/t10-/m1/s1. The summed E-state index contributed by atoms with van der Waals surface area (Å²) in [6.45, 7) is 1.54. The number of benzene rings is 1. The van der Waals surface area contributed by atoms with Crippen LogP contribution in [0.3, 0.4) is 0 Å². The molecule has 1 heterocycles. The van der Waals surface area contributed by atoms with Crippen LogP contribution < -0.4 is 10.1 Å². The Morgan fingerprint density at radius 2 is 2.10 bits per heavy atom. The van der Waals surface area contributed by atoms with Gasteiger partial charge in [0.2, 0.25) is 0 Å². The molecule has 0 spiro atoms. The van der Waals surface area contributed by atoms with Gasteiger partial charge in [0, 0.05) is 19.6 Å². The summed E-state index contributed by atoms with van der Waals surface area (Å²) in [5.74, 6) is -0.936. The molecule has 1 aromatic rings. The van der Waals surface area contributed by atoms with Gasteiger partial charge in [0.05, 0.1) is 5.56 Å². The van der Waals surface area contributed by atoms with E-state index in [-0.39, 0.29) is 11.6 Å². The summed E-state index contributed by atoms with van der Waals surface area (Å²) >= 11 is 0. The van der Waals surface area contributed by atoms with E-state index in [9.17, 15) is 18.0 Å². The predicted octanol–water partition coefficient (Wildman–Crippen LogP) is 2.41. The number of ether oxygens (including phenoxy) is 1. The number of carbonyl (C=O) groups excluding carboxylic acids is 1. The van der Waals surface area contributed by atoms with Crippen molar-refractivity contribution in [1.82, 2.24) is 10.2 Å². The number of likely N-dealkylation sites (N-methyl/N-ethyl adjacent to an activating group) is 1. The fraction of sp³-hybridized carbons (Fsp3) is 0.500. The number of amides is 1. The summed E-state index contributed by atoms with van der Waals surface area (Å²) in [5, 5.41) is 3.17. The number of nitrogens with zero attached hydrogens (tertiary/aromatic N) is 1. The van der Waals surface area contributed by atoms with Crippen molar-refractivity contribution in [1.29, 1.82) is 0 Å². The van der Waals surface area contributed by atoms with Crippen LogP contribution in [0.1, 0.15) is 23.2 Å². The molecule has 1 aromatic carbocycles. The molecule has 1 atom stereocenters. The first-order valence-corrected chi connectivity index (χ1v) is 6.71. The van der Waals surface area contributed by atoms with Crippen LogP contribution in [0.5, 0.6) is 5.75 Å². The molecule has 1 aliphatic rings. The molecule has 1 fully saturated rings. The van der Waals surface area contributed by atoms with Gasteiger partial charge in [-0.2, -0.15) is 0 Å². The maximum Gasteiger partial charge on any atom is 0.573 e. The van der Waals surface area contributed by atoms with Gasteiger partial charge < -0.3 is 15.0 Å². The lowest BCUT2D eigenvalue weighted by Crippen LogP contribution is -2.46. The van der Waals surface area contributed by atoms with Gasteiger partial charge in [0.25, 0.3) is 5.91 Å². The molecule has 0 aromatic heterocycles. The molecule has 2 rings (SSSR count). The molecule has 1 amide bonds. The average molecular weight is 302 g/mol. The largest absolute Gasteiger partial charge is 0.573 e. The van der Waals surface area contributed by atoms with Crippen LogP contribution >= 0.6 is 0 Å². The SMILES string of the molecule is CN(C(=O)c1ccccc1OC(F)(F)F)[C@@H]1CCCNC1. The summed E-state index contributed by atoms with van der Waals surface area (Å²) in [6.07, 6.45) is -3.05. The molecule has 0 bridgehead atoms. The highest BCUT2D eigenvalue weighted by Gasteiger charge is 2.33. The van der Waals surface area contributed by atoms with E-state index in [0.717, 1.165) is 25.5 Å². The van der Waals surface area contributed by atoms with E-state index >= 15 is 0 Å². The molecule has 21 heavy (non-hydrogen) atoms. The Morgan fingerprint density at radius 3 is 2.71 bits per heavy atom. The Bertz CT molecular complexity index is 499. The van der Waals surface area contributed by atoms with E-state index in [1.165, 1.54) is 23.1 Å². The van der Waals surface area contributed by atoms with Gasteiger partial charge in [0.1, 0.15) is 5.75 Å².